The molecule has 3 aromatic carbocycles. The zero-order valence-corrected chi connectivity index (χ0v) is 38.8. The number of likely N-dealkylation sites (tertiary alicyclic amines) is 1. The molecule has 0 spiro atoms. The minimum Gasteiger partial charge on any atom is -0.493 e. The molecule has 19 heteroatoms. The number of aromatic nitrogens is 3. The lowest BCUT2D eigenvalue weighted by atomic mass is 9.77. The van der Waals surface area contributed by atoms with Crippen molar-refractivity contribution in [2.24, 2.45) is 7.05 Å². The number of hydrogen-bond acceptors (Lipinski definition) is 13. The lowest BCUT2D eigenvalue weighted by Crippen LogP contribution is -2.54. The van der Waals surface area contributed by atoms with Crippen LogP contribution in [0.15, 0.2) is 66.9 Å². The molecule has 69 heavy (non-hydrogen) atoms. The normalized spacial score (nSPS) is 20.0. The fourth-order valence-electron chi connectivity index (χ4n) is 10.1. The molecule has 4 aliphatic rings. The second-order valence-electron chi connectivity index (χ2n) is 18.1. The Morgan fingerprint density at radius 2 is 1.68 bits per heavy atom. The number of rotatable bonds is 14. The number of piperazine rings is 1. The highest BCUT2D eigenvalue weighted by atomic mass is 19.3. The number of carbonyl (C=O) groups is 4. The van der Waals surface area contributed by atoms with Gasteiger partial charge in [-0.15, -0.1) is 0 Å². The third kappa shape index (κ3) is 8.83. The van der Waals surface area contributed by atoms with Crippen molar-refractivity contribution in [1.29, 1.82) is 5.26 Å². The van der Waals surface area contributed by atoms with E-state index in [9.17, 15) is 24.4 Å². The Morgan fingerprint density at radius 1 is 0.942 bits per heavy atom. The summed E-state index contributed by atoms with van der Waals surface area (Å²) in [6.07, 6.45) is 3.14. The number of carbonyl (C=O) groups excluding carboxylic acids is 4. The predicted octanol–water partition coefficient (Wildman–Crippen LogP) is 6.63. The average Bonchev–Trinajstić information content (AvgIpc) is 3.80. The van der Waals surface area contributed by atoms with E-state index < -0.39 is 47.5 Å². The van der Waals surface area contributed by atoms with E-state index in [2.05, 4.69) is 26.4 Å². The number of alkyl halides is 2. The lowest BCUT2D eigenvalue weighted by molar-refractivity contribution is -0.137. The van der Waals surface area contributed by atoms with E-state index in [4.69, 9.17) is 14.2 Å². The molecule has 1 unspecified atom stereocenters. The van der Waals surface area contributed by atoms with E-state index in [0.29, 0.717) is 98.2 Å². The van der Waals surface area contributed by atoms with Gasteiger partial charge in [0.15, 0.2) is 23.1 Å². The van der Waals surface area contributed by atoms with Gasteiger partial charge in [0.2, 0.25) is 11.8 Å². The van der Waals surface area contributed by atoms with Gasteiger partial charge in [0.25, 0.3) is 17.7 Å². The van der Waals surface area contributed by atoms with Crippen LogP contribution in [-0.4, -0.2) is 119 Å². The highest BCUT2D eigenvalue weighted by Crippen LogP contribution is 2.42. The molecule has 360 valence electrons. The van der Waals surface area contributed by atoms with Crippen LogP contribution in [0, 0.1) is 17.1 Å². The summed E-state index contributed by atoms with van der Waals surface area (Å²) in [5.74, 6) is -4.43. The van der Waals surface area contributed by atoms with E-state index in [1.165, 1.54) is 60.5 Å². The van der Waals surface area contributed by atoms with E-state index in [1.54, 1.807) is 37.1 Å². The third-order valence-electron chi connectivity index (χ3n) is 13.9. The van der Waals surface area contributed by atoms with Crippen LogP contribution in [0.3, 0.4) is 0 Å². The summed E-state index contributed by atoms with van der Waals surface area (Å²) >= 11 is 0. The first-order valence-electron chi connectivity index (χ1n) is 23.1. The van der Waals surface area contributed by atoms with Gasteiger partial charge in [-0.1, -0.05) is 6.07 Å². The quantitative estimate of drug-likeness (QED) is 0.118. The number of nitriles is 1. The van der Waals surface area contributed by atoms with Crippen molar-refractivity contribution >= 4 is 40.3 Å². The van der Waals surface area contributed by atoms with Gasteiger partial charge in [-0.25, -0.2) is 9.37 Å². The van der Waals surface area contributed by atoms with Crippen LogP contribution in [-0.2, 0) is 28.0 Å². The zero-order chi connectivity index (χ0) is 48.8. The topological polar surface area (TPSA) is 175 Å². The monoisotopic (exact) mass is 947 g/mol. The molecule has 16 nitrogen and oxygen atoms in total. The van der Waals surface area contributed by atoms with Gasteiger partial charge in [0.05, 0.1) is 66.5 Å². The molecule has 2 aromatic heterocycles. The molecule has 4 aliphatic heterocycles. The van der Waals surface area contributed by atoms with Crippen LogP contribution in [0.25, 0.3) is 10.9 Å². The van der Waals surface area contributed by atoms with E-state index in [1.807, 2.05) is 11.8 Å². The molecule has 3 saturated heterocycles. The fraction of sp³-hybridized carbons (Fsp3) is 0.420. The van der Waals surface area contributed by atoms with Crippen molar-refractivity contribution in [3.05, 3.63) is 101 Å². The molecule has 6 heterocycles. The highest BCUT2D eigenvalue weighted by Gasteiger charge is 2.46. The van der Waals surface area contributed by atoms with Crippen molar-refractivity contribution < 1.29 is 46.6 Å². The smallest absolute Gasteiger partial charge is 0.285 e. The molecular weight excluding hydrogens is 896 g/mol. The maximum absolute atomic E-state index is 15.8. The summed E-state index contributed by atoms with van der Waals surface area (Å²) in [6, 6.07) is 16.1. The average molecular weight is 948 g/mol. The number of imide groups is 2. The maximum Gasteiger partial charge on any atom is 0.285 e. The molecule has 0 aliphatic carbocycles. The summed E-state index contributed by atoms with van der Waals surface area (Å²) in [5, 5.41) is 17.1. The van der Waals surface area contributed by atoms with Gasteiger partial charge in [0.1, 0.15) is 11.6 Å². The number of benzene rings is 3. The maximum atomic E-state index is 15.8. The van der Waals surface area contributed by atoms with E-state index >= 15 is 13.2 Å². The molecule has 2 atom stereocenters. The zero-order valence-electron chi connectivity index (χ0n) is 38.8. The van der Waals surface area contributed by atoms with Gasteiger partial charge in [-0.2, -0.15) is 19.1 Å². The van der Waals surface area contributed by atoms with Gasteiger partial charge >= 0.3 is 0 Å². The van der Waals surface area contributed by atoms with Crippen LogP contribution in [0.1, 0.15) is 89.5 Å². The molecular formula is C50H52F3N9O7. The number of anilines is 1. The molecule has 1 N–H and O–H groups in total. The summed E-state index contributed by atoms with van der Waals surface area (Å²) in [4.78, 5) is 64.6. The molecule has 0 bridgehead atoms. The van der Waals surface area contributed by atoms with Crippen LogP contribution in [0.5, 0.6) is 23.0 Å². The molecule has 3 fully saturated rings. The molecule has 0 radical (unpaired) electrons. The SMILES string of the molecule is CCOc1cc(C(CC#N)N2C(=O)c3ccnc(N4CCN(C5CCN(CC(F)(F)c6ccc(Oc7cc8c(cc7F)c([C@@]7(C)CCC(=O)NC7=O)nn8C)cc6)CC5)CC4)c3C2=O)ccc1OC. The number of aryl methyl sites for hydroxylation is 1. The minimum absolute atomic E-state index is 0.126. The number of pyridine rings is 1. The number of halogens is 3. The second-order valence-corrected chi connectivity index (χ2v) is 18.1. The number of ether oxygens (including phenoxy) is 3. The Bertz CT molecular complexity index is 2870. The Hall–Kier alpha value is -7.04. The summed E-state index contributed by atoms with van der Waals surface area (Å²) in [5.41, 5.74) is 0.502. The Kier molecular flexibility index (Phi) is 12.8. The predicted molar refractivity (Wildman–Crippen MR) is 246 cm³/mol. The Morgan fingerprint density at radius 3 is 2.36 bits per heavy atom. The molecule has 5 aromatic rings. The van der Waals surface area contributed by atoms with Crippen LogP contribution in [0.4, 0.5) is 19.0 Å². The van der Waals surface area contributed by atoms with E-state index in [-0.39, 0.29) is 59.4 Å². The van der Waals surface area contributed by atoms with Crippen LogP contribution in [0.2, 0.25) is 0 Å². The first-order valence-corrected chi connectivity index (χ1v) is 23.1. The van der Waals surface area contributed by atoms with Crippen molar-refractivity contribution in [1.82, 2.24) is 34.8 Å². The lowest BCUT2D eigenvalue weighted by Gasteiger charge is -2.43. The second kappa shape index (κ2) is 18.8. The van der Waals surface area contributed by atoms with Crippen molar-refractivity contribution in [3.63, 3.8) is 0 Å². The van der Waals surface area contributed by atoms with Gasteiger partial charge in [-0.3, -0.25) is 43.9 Å². The first kappa shape index (κ1) is 47.0. The van der Waals surface area contributed by atoms with Crippen LogP contribution < -0.4 is 24.4 Å². The van der Waals surface area contributed by atoms with Crippen molar-refractivity contribution in [2.45, 2.75) is 69.4 Å². The summed E-state index contributed by atoms with van der Waals surface area (Å²) in [6.45, 7) is 6.73. The number of amides is 4. The van der Waals surface area contributed by atoms with Crippen molar-refractivity contribution in [3.8, 4) is 29.1 Å². The van der Waals surface area contributed by atoms with Gasteiger partial charge < -0.3 is 19.1 Å². The summed E-state index contributed by atoms with van der Waals surface area (Å²) < 4.78 is 65.6. The number of nitrogens with zero attached hydrogens (tertiary/aromatic N) is 8. The third-order valence-corrected chi connectivity index (χ3v) is 13.9. The highest BCUT2D eigenvalue weighted by molar-refractivity contribution is 6.23. The number of fused-ring (bicyclic) bond motifs is 2. The molecule has 0 saturated carbocycles. The first-order chi connectivity index (χ1) is 33.1. The Balaban J connectivity index is 0.790. The number of nitrogens with one attached hydrogen (secondary N) is 1. The minimum atomic E-state index is -3.18. The molecule has 9 rings (SSSR count). The van der Waals surface area contributed by atoms with Crippen molar-refractivity contribution in [2.75, 3.05) is 64.4 Å². The largest absolute Gasteiger partial charge is 0.493 e. The Labute approximate surface area is 396 Å². The summed E-state index contributed by atoms with van der Waals surface area (Å²) in [7, 11) is 3.17. The number of hydrogen-bond donors (Lipinski definition) is 1. The number of piperidine rings is 2. The fourth-order valence-corrected chi connectivity index (χ4v) is 10.1. The number of methoxy groups -OCH3 is 1. The van der Waals surface area contributed by atoms with Gasteiger partial charge in [-0.05, 0) is 100 Å². The standard InChI is InChI=1S/C50H52F3N9O7/c1-5-68-41-26-30(6-11-39(41)67-4)37(13-18-54)62-46(64)34-14-19-55-45(43(34)47(62)65)61-24-22-60(23-25-61)32-15-20-59(21-16-32)29-50(52,53)31-7-9-33(10-8-31)69-40-28-38-35(27-36(40)51)44(57-58(38)3)49(2)17-12-42(63)56-48(49)66/h6-11,14,19,26-28,32,37H,5,12-13,15-17,20-25,29H2,1-4H3,(H,56,63,66)/t37?,49-/m1/s1. The van der Waals surface area contributed by atoms with Crippen LogP contribution >= 0.6 is 0 Å². The van der Waals surface area contributed by atoms with E-state index in [0.717, 1.165) is 4.90 Å². The molecule has 4 amide bonds. The van der Waals surface area contributed by atoms with Gasteiger partial charge in [0, 0.05) is 68.9 Å².